The maximum absolute atomic E-state index is 12.5. The molecule has 0 aliphatic rings. The zero-order valence-electron chi connectivity index (χ0n) is 19.4. The lowest BCUT2D eigenvalue weighted by Crippen LogP contribution is -2.15. The number of rotatable bonds is 8. The van der Waals surface area contributed by atoms with Crippen molar-refractivity contribution in [1.82, 2.24) is 14.8 Å². The molecule has 1 heterocycles. The maximum atomic E-state index is 12.5. The van der Waals surface area contributed by atoms with E-state index in [1.165, 1.54) is 28.1 Å². The van der Waals surface area contributed by atoms with Gasteiger partial charge < -0.3 is 14.6 Å². The van der Waals surface area contributed by atoms with Gasteiger partial charge in [-0.15, -0.1) is 10.2 Å². The molecule has 3 aromatic carbocycles. The fourth-order valence-electron chi connectivity index (χ4n) is 3.83. The fourth-order valence-corrected chi connectivity index (χ4v) is 4.65. The highest BCUT2D eigenvalue weighted by Crippen LogP contribution is 2.28. The molecule has 0 bridgehead atoms. The van der Waals surface area contributed by atoms with Crippen LogP contribution in [0.4, 0.5) is 5.69 Å². The van der Waals surface area contributed by atoms with E-state index in [4.69, 9.17) is 4.74 Å². The third kappa shape index (κ3) is 5.20. The number of aromatic nitrogens is 3. The van der Waals surface area contributed by atoms with Gasteiger partial charge in [-0.2, -0.15) is 0 Å². The summed E-state index contributed by atoms with van der Waals surface area (Å²) < 4.78 is 8.09. The number of anilines is 1. The summed E-state index contributed by atoms with van der Waals surface area (Å²) in [4.78, 5) is 12.5. The van der Waals surface area contributed by atoms with Crippen LogP contribution in [0.1, 0.15) is 29.4 Å². The van der Waals surface area contributed by atoms with Crippen LogP contribution >= 0.6 is 11.8 Å². The Balaban J connectivity index is 1.40. The molecule has 33 heavy (non-hydrogen) atoms. The number of nitrogens with zero attached hydrogens (tertiary/aromatic N) is 3. The van der Waals surface area contributed by atoms with E-state index in [9.17, 15) is 4.79 Å². The van der Waals surface area contributed by atoms with Gasteiger partial charge in [-0.3, -0.25) is 4.79 Å². The van der Waals surface area contributed by atoms with E-state index in [1.54, 1.807) is 0 Å². The van der Waals surface area contributed by atoms with Crippen LogP contribution in [0.2, 0.25) is 0 Å². The van der Waals surface area contributed by atoms with Crippen molar-refractivity contribution in [2.45, 2.75) is 46.0 Å². The monoisotopic (exact) mass is 460 g/mol. The third-order valence-corrected chi connectivity index (χ3v) is 6.57. The first kappa shape index (κ1) is 22.9. The molecule has 1 amide bonds. The number of nitrogens with one attached hydrogen (secondary N) is 1. The molecule has 0 radical (unpaired) electrons. The van der Waals surface area contributed by atoms with Crippen LogP contribution in [0.3, 0.4) is 0 Å². The third-order valence-electron chi connectivity index (χ3n) is 5.60. The molecule has 0 saturated heterocycles. The summed E-state index contributed by atoms with van der Waals surface area (Å²) in [5.74, 6) is 1.77. The second-order valence-corrected chi connectivity index (χ2v) is 8.94. The number of hydrogen-bond acceptors (Lipinski definition) is 5. The number of aryl methyl sites for hydroxylation is 3. The smallest absolute Gasteiger partial charge is 0.234 e. The molecule has 0 aliphatic carbocycles. The summed E-state index contributed by atoms with van der Waals surface area (Å²) in [7, 11) is 0. The maximum Gasteiger partial charge on any atom is 0.234 e. The lowest BCUT2D eigenvalue weighted by molar-refractivity contribution is -0.113. The summed E-state index contributed by atoms with van der Waals surface area (Å²) in [6, 6.07) is 18.3. The Labute approximate surface area is 198 Å². The van der Waals surface area contributed by atoms with Gasteiger partial charge >= 0.3 is 0 Å². The molecular weight excluding hydrogens is 432 g/mol. The van der Waals surface area contributed by atoms with Crippen LogP contribution in [0, 0.1) is 20.8 Å². The first-order chi connectivity index (χ1) is 16.0. The van der Waals surface area contributed by atoms with Crippen molar-refractivity contribution in [2.75, 3.05) is 11.1 Å². The van der Waals surface area contributed by atoms with E-state index in [0.29, 0.717) is 18.3 Å². The van der Waals surface area contributed by atoms with Crippen molar-refractivity contribution in [2.24, 2.45) is 0 Å². The van der Waals surface area contributed by atoms with E-state index in [-0.39, 0.29) is 11.7 Å². The average molecular weight is 461 g/mol. The minimum Gasteiger partial charge on any atom is -0.485 e. The Hall–Kier alpha value is -3.32. The van der Waals surface area contributed by atoms with E-state index < -0.39 is 0 Å². The Bertz CT molecular complexity index is 1300. The van der Waals surface area contributed by atoms with Crippen LogP contribution in [0.25, 0.3) is 10.8 Å². The number of hydrogen-bond donors (Lipinski definition) is 1. The van der Waals surface area contributed by atoms with Gasteiger partial charge in [0.1, 0.15) is 12.4 Å². The highest BCUT2D eigenvalue weighted by molar-refractivity contribution is 7.99. The highest BCUT2D eigenvalue weighted by Gasteiger charge is 2.15. The van der Waals surface area contributed by atoms with Crippen LogP contribution in [-0.4, -0.2) is 26.4 Å². The number of amides is 1. The van der Waals surface area contributed by atoms with Crippen molar-refractivity contribution in [3.8, 4) is 5.75 Å². The van der Waals surface area contributed by atoms with Gasteiger partial charge in [0.25, 0.3) is 0 Å². The molecule has 1 N–H and O–H groups in total. The van der Waals surface area contributed by atoms with Crippen molar-refractivity contribution in [3.05, 3.63) is 77.1 Å². The topological polar surface area (TPSA) is 69.0 Å². The van der Waals surface area contributed by atoms with E-state index >= 15 is 0 Å². The van der Waals surface area contributed by atoms with E-state index in [2.05, 4.69) is 46.7 Å². The second-order valence-electron chi connectivity index (χ2n) is 8.00. The van der Waals surface area contributed by atoms with Gasteiger partial charge in [0, 0.05) is 12.2 Å². The molecule has 4 rings (SSSR count). The molecule has 6 nitrogen and oxygen atoms in total. The van der Waals surface area contributed by atoms with Crippen LogP contribution < -0.4 is 10.1 Å². The Morgan fingerprint density at radius 1 is 1.06 bits per heavy atom. The van der Waals surface area contributed by atoms with Gasteiger partial charge in [-0.05, 0) is 61.7 Å². The van der Waals surface area contributed by atoms with Crippen LogP contribution in [-0.2, 0) is 17.9 Å². The van der Waals surface area contributed by atoms with Crippen molar-refractivity contribution in [1.29, 1.82) is 0 Å². The molecule has 7 heteroatoms. The van der Waals surface area contributed by atoms with Crippen molar-refractivity contribution >= 4 is 34.1 Å². The quantitative estimate of drug-likeness (QED) is 0.342. The Morgan fingerprint density at radius 3 is 2.67 bits per heavy atom. The van der Waals surface area contributed by atoms with E-state index in [1.807, 2.05) is 55.7 Å². The standard InChI is InChI=1S/C26H28N4O2S/c1-5-30-24(15-32-23-13-11-20-8-6-7-9-21(20)19(23)4)28-29-26(30)33-16-25(31)27-22-12-10-17(2)14-18(22)3/h6-14H,5,15-16H2,1-4H3,(H,27,31). The number of carbonyl (C=O) groups is 1. The lowest BCUT2D eigenvalue weighted by atomic mass is 10.0. The molecule has 4 aromatic rings. The summed E-state index contributed by atoms with van der Waals surface area (Å²) in [6.07, 6.45) is 0. The Morgan fingerprint density at radius 2 is 1.88 bits per heavy atom. The molecule has 0 fully saturated rings. The predicted molar refractivity (Wildman–Crippen MR) is 134 cm³/mol. The molecule has 1 aromatic heterocycles. The van der Waals surface area contributed by atoms with E-state index in [0.717, 1.165) is 28.4 Å². The molecule has 0 aliphatic heterocycles. The summed E-state index contributed by atoms with van der Waals surface area (Å²) >= 11 is 1.38. The highest BCUT2D eigenvalue weighted by atomic mass is 32.2. The largest absolute Gasteiger partial charge is 0.485 e. The fraction of sp³-hybridized carbons (Fsp3) is 0.269. The van der Waals surface area contributed by atoms with Crippen molar-refractivity contribution < 1.29 is 9.53 Å². The van der Waals surface area contributed by atoms with Crippen LogP contribution in [0.15, 0.2) is 59.8 Å². The van der Waals surface area contributed by atoms with Gasteiger partial charge in [0.15, 0.2) is 11.0 Å². The zero-order chi connectivity index (χ0) is 23.4. The molecule has 170 valence electrons. The first-order valence-corrected chi connectivity index (χ1v) is 12.0. The number of fused-ring (bicyclic) bond motifs is 1. The number of ether oxygens (including phenoxy) is 1. The minimum absolute atomic E-state index is 0.0674. The summed E-state index contributed by atoms with van der Waals surface area (Å²) in [5.41, 5.74) is 4.16. The van der Waals surface area contributed by atoms with Gasteiger partial charge in [-0.1, -0.05) is 59.8 Å². The minimum atomic E-state index is -0.0674. The first-order valence-electron chi connectivity index (χ1n) is 11.0. The number of carbonyl (C=O) groups excluding carboxylic acids is 1. The average Bonchev–Trinajstić information content (AvgIpc) is 3.21. The SMILES string of the molecule is CCn1c(COc2ccc3ccccc3c2C)nnc1SCC(=O)Nc1ccc(C)cc1C. The summed E-state index contributed by atoms with van der Waals surface area (Å²) in [5, 5.41) is 14.7. The molecule has 0 unspecified atom stereocenters. The molecule has 0 atom stereocenters. The lowest BCUT2D eigenvalue weighted by Gasteiger charge is -2.12. The predicted octanol–water partition coefficient (Wildman–Crippen LogP) is 5.69. The van der Waals surface area contributed by atoms with Crippen molar-refractivity contribution in [3.63, 3.8) is 0 Å². The molecular formula is C26H28N4O2S. The summed E-state index contributed by atoms with van der Waals surface area (Å²) in [6.45, 7) is 9.15. The number of benzene rings is 3. The molecule has 0 spiro atoms. The zero-order valence-corrected chi connectivity index (χ0v) is 20.2. The normalized spacial score (nSPS) is 11.0. The molecule has 0 saturated carbocycles. The second kappa shape index (κ2) is 10.1. The Kier molecular flexibility index (Phi) is 6.99. The van der Waals surface area contributed by atoms with Gasteiger partial charge in [0.2, 0.25) is 5.91 Å². The van der Waals surface area contributed by atoms with Crippen LogP contribution in [0.5, 0.6) is 5.75 Å². The number of thioether (sulfide) groups is 1. The van der Waals surface area contributed by atoms with Gasteiger partial charge in [0.05, 0.1) is 5.75 Å². The van der Waals surface area contributed by atoms with Gasteiger partial charge in [-0.25, -0.2) is 0 Å².